The molecule has 0 aliphatic heterocycles. The van der Waals surface area contributed by atoms with Crippen LogP contribution in [0.1, 0.15) is 46.6 Å². The molecule has 102 valence electrons. The van der Waals surface area contributed by atoms with Gasteiger partial charge in [0, 0.05) is 12.1 Å². The van der Waals surface area contributed by atoms with Crippen LogP contribution in [0.3, 0.4) is 0 Å². The van der Waals surface area contributed by atoms with Gasteiger partial charge < -0.3 is 5.32 Å². The van der Waals surface area contributed by atoms with Crippen molar-refractivity contribution in [3.05, 3.63) is 17.0 Å². The Hall–Kier alpha value is -0.830. The summed E-state index contributed by atoms with van der Waals surface area (Å²) in [5.74, 6) is 1.49. The lowest BCUT2D eigenvalue weighted by atomic mass is 9.81. The predicted octanol–water partition coefficient (Wildman–Crippen LogP) is 4.18. The van der Waals surface area contributed by atoms with Crippen molar-refractivity contribution < 1.29 is 0 Å². The van der Waals surface area contributed by atoms with Crippen LogP contribution in [0, 0.1) is 11.3 Å². The van der Waals surface area contributed by atoms with Crippen molar-refractivity contribution in [3.8, 4) is 0 Å². The van der Waals surface area contributed by atoms with E-state index in [9.17, 15) is 0 Å². The lowest BCUT2D eigenvalue weighted by Crippen LogP contribution is -2.29. The zero-order valence-electron chi connectivity index (χ0n) is 12.0. The third kappa shape index (κ3) is 3.84. The van der Waals surface area contributed by atoms with Gasteiger partial charge in [-0.2, -0.15) is 0 Å². The van der Waals surface area contributed by atoms with E-state index in [0.29, 0.717) is 11.1 Å². The second-order valence-corrected chi connectivity index (χ2v) is 6.10. The molecule has 0 atom stereocenters. The number of hydrogen-bond acceptors (Lipinski definition) is 3. The van der Waals surface area contributed by atoms with E-state index in [4.69, 9.17) is 11.6 Å². The fraction of sp³-hybridized carbons (Fsp3) is 0.714. The molecular formula is C14H24ClN3. The first-order valence-electron chi connectivity index (χ1n) is 6.61. The Kier molecular flexibility index (Phi) is 5.39. The molecule has 3 nitrogen and oxygen atoms in total. The molecule has 0 radical (unpaired) electrons. The molecule has 0 saturated carbocycles. The molecule has 0 aliphatic carbocycles. The summed E-state index contributed by atoms with van der Waals surface area (Å²) in [6.07, 6.45) is 3.46. The largest absolute Gasteiger partial charge is 0.369 e. The molecule has 0 aromatic carbocycles. The first-order chi connectivity index (χ1) is 8.38. The summed E-state index contributed by atoms with van der Waals surface area (Å²) in [6, 6.07) is 0. The molecule has 1 heterocycles. The average molecular weight is 270 g/mol. The first-order valence-corrected chi connectivity index (χ1v) is 6.99. The van der Waals surface area contributed by atoms with Gasteiger partial charge in [0.25, 0.3) is 0 Å². The molecule has 1 aromatic rings. The maximum absolute atomic E-state index is 6.13. The van der Waals surface area contributed by atoms with Gasteiger partial charge in [0.1, 0.15) is 17.3 Å². The Morgan fingerprint density at radius 1 is 1.33 bits per heavy atom. The van der Waals surface area contributed by atoms with Crippen molar-refractivity contribution in [1.29, 1.82) is 0 Å². The van der Waals surface area contributed by atoms with Crippen molar-refractivity contribution in [3.63, 3.8) is 0 Å². The summed E-state index contributed by atoms with van der Waals surface area (Å²) in [5.41, 5.74) is 1.25. The van der Waals surface area contributed by atoms with Gasteiger partial charge in [0.2, 0.25) is 0 Å². The third-order valence-corrected chi connectivity index (χ3v) is 3.99. The van der Waals surface area contributed by atoms with Crippen LogP contribution in [0.4, 0.5) is 5.82 Å². The van der Waals surface area contributed by atoms with Crippen LogP contribution >= 0.6 is 11.6 Å². The van der Waals surface area contributed by atoms with E-state index in [-0.39, 0.29) is 5.41 Å². The smallest absolute Gasteiger partial charge is 0.137 e. The summed E-state index contributed by atoms with van der Waals surface area (Å²) >= 11 is 6.13. The van der Waals surface area contributed by atoms with Gasteiger partial charge >= 0.3 is 0 Å². The highest BCUT2D eigenvalue weighted by Crippen LogP contribution is 2.28. The van der Waals surface area contributed by atoms with Crippen LogP contribution in [0.2, 0.25) is 5.15 Å². The Balaban J connectivity index is 2.82. The van der Waals surface area contributed by atoms with E-state index in [2.05, 4.69) is 49.9 Å². The molecule has 0 unspecified atom stereocenters. The summed E-state index contributed by atoms with van der Waals surface area (Å²) < 4.78 is 0. The number of halogens is 1. The quantitative estimate of drug-likeness (QED) is 0.788. The van der Waals surface area contributed by atoms with Crippen molar-refractivity contribution >= 4 is 17.4 Å². The second-order valence-electron chi connectivity index (χ2n) is 5.74. The fourth-order valence-corrected chi connectivity index (χ4v) is 1.76. The lowest BCUT2D eigenvalue weighted by molar-refractivity contribution is 0.269. The Morgan fingerprint density at radius 3 is 2.56 bits per heavy atom. The van der Waals surface area contributed by atoms with Gasteiger partial charge in [0.05, 0.1) is 0 Å². The highest BCUT2D eigenvalue weighted by molar-refractivity contribution is 6.30. The van der Waals surface area contributed by atoms with Crippen LogP contribution < -0.4 is 5.32 Å². The Morgan fingerprint density at radius 2 is 2.00 bits per heavy atom. The summed E-state index contributed by atoms with van der Waals surface area (Å²) in [4.78, 5) is 8.37. The van der Waals surface area contributed by atoms with E-state index in [1.165, 1.54) is 6.33 Å². The summed E-state index contributed by atoms with van der Waals surface area (Å²) in [7, 11) is 0. The minimum Gasteiger partial charge on any atom is -0.369 e. The molecule has 0 fully saturated rings. The van der Waals surface area contributed by atoms with E-state index in [0.717, 1.165) is 30.8 Å². The van der Waals surface area contributed by atoms with Crippen molar-refractivity contribution in [2.75, 3.05) is 11.9 Å². The van der Waals surface area contributed by atoms with Crippen molar-refractivity contribution in [2.24, 2.45) is 11.3 Å². The highest BCUT2D eigenvalue weighted by Gasteiger charge is 2.22. The van der Waals surface area contributed by atoms with E-state index in [1.807, 2.05) is 0 Å². The number of aromatic nitrogens is 2. The predicted molar refractivity (Wildman–Crippen MR) is 78.1 cm³/mol. The Labute approximate surface area is 115 Å². The van der Waals surface area contributed by atoms with Crippen LogP contribution in [0.15, 0.2) is 6.33 Å². The van der Waals surface area contributed by atoms with Crippen LogP contribution in [0.5, 0.6) is 0 Å². The maximum atomic E-state index is 6.13. The van der Waals surface area contributed by atoms with Gasteiger partial charge in [0.15, 0.2) is 0 Å². The zero-order valence-corrected chi connectivity index (χ0v) is 12.8. The molecule has 4 heteroatoms. The third-order valence-electron chi connectivity index (χ3n) is 3.67. The monoisotopic (exact) mass is 269 g/mol. The minimum absolute atomic E-state index is 0.223. The van der Waals surface area contributed by atoms with Gasteiger partial charge in [-0.05, 0) is 17.8 Å². The molecule has 1 rings (SSSR count). The standard InChI is InChI=1S/C14H24ClN3/c1-6-7-11-12(15)17-9-18-13(11)16-8-14(4,5)10(2)3/h9-10H,6-8H2,1-5H3,(H,16,17,18). The highest BCUT2D eigenvalue weighted by atomic mass is 35.5. The average Bonchev–Trinajstić information content (AvgIpc) is 2.30. The number of anilines is 1. The van der Waals surface area contributed by atoms with Crippen molar-refractivity contribution in [1.82, 2.24) is 9.97 Å². The number of nitrogens with zero attached hydrogens (tertiary/aromatic N) is 2. The number of rotatable bonds is 6. The molecule has 0 bridgehead atoms. The van der Waals surface area contributed by atoms with E-state index in [1.54, 1.807) is 0 Å². The summed E-state index contributed by atoms with van der Waals surface area (Å²) in [5, 5.41) is 3.99. The van der Waals surface area contributed by atoms with Gasteiger partial charge in [-0.1, -0.05) is 52.6 Å². The van der Waals surface area contributed by atoms with Crippen molar-refractivity contribution in [2.45, 2.75) is 47.5 Å². The van der Waals surface area contributed by atoms with Gasteiger partial charge in [-0.25, -0.2) is 9.97 Å². The van der Waals surface area contributed by atoms with Crippen LogP contribution in [-0.2, 0) is 6.42 Å². The lowest BCUT2D eigenvalue weighted by Gasteiger charge is -2.30. The number of nitrogens with one attached hydrogen (secondary N) is 1. The molecule has 18 heavy (non-hydrogen) atoms. The minimum atomic E-state index is 0.223. The number of hydrogen-bond donors (Lipinski definition) is 1. The van der Waals surface area contributed by atoms with Gasteiger partial charge in [-0.15, -0.1) is 0 Å². The molecule has 0 saturated heterocycles. The second kappa shape index (κ2) is 6.37. The molecule has 1 N–H and O–H groups in total. The van der Waals surface area contributed by atoms with Crippen LogP contribution in [-0.4, -0.2) is 16.5 Å². The van der Waals surface area contributed by atoms with E-state index >= 15 is 0 Å². The zero-order chi connectivity index (χ0) is 13.8. The summed E-state index contributed by atoms with van der Waals surface area (Å²) in [6.45, 7) is 12.0. The topological polar surface area (TPSA) is 37.8 Å². The van der Waals surface area contributed by atoms with Crippen LogP contribution in [0.25, 0.3) is 0 Å². The molecule has 0 spiro atoms. The molecule has 0 amide bonds. The van der Waals surface area contributed by atoms with Gasteiger partial charge in [-0.3, -0.25) is 0 Å². The Bertz CT molecular complexity index is 389. The molecule has 1 aromatic heterocycles. The normalized spacial score (nSPS) is 11.9. The maximum Gasteiger partial charge on any atom is 0.137 e. The van der Waals surface area contributed by atoms with E-state index < -0.39 is 0 Å². The SMILES string of the molecule is CCCc1c(Cl)ncnc1NCC(C)(C)C(C)C. The molecular weight excluding hydrogens is 246 g/mol. The fourth-order valence-electron chi connectivity index (χ4n) is 1.53. The first kappa shape index (κ1) is 15.2. The molecule has 0 aliphatic rings.